The van der Waals surface area contributed by atoms with Crippen molar-refractivity contribution in [2.24, 2.45) is 0 Å². The lowest BCUT2D eigenvalue weighted by atomic mass is 10.0. The highest BCUT2D eigenvalue weighted by atomic mass is 35.5. The summed E-state index contributed by atoms with van der Waals surface area (Å²) in [6, 6.07) is 11.0. The molecule has 194 valence electrons. The molecule has 1 aromatic rings. The Morgan fingerprint density at radius 1 is 0.576 bits per heavy atom. The van der Waals surface area contributed by atoms with Crippen LogP contribution in [0.15, 0.2) is 30.3 Å². The fourth-order valence-electron chi connectivity index (χ4n) is 4.77. The molecule has 1 N–H and O–H groups in total. The second-order valence-corrected chi connectivity index (χ2v) is 10.3. The van der Waals surface area contributed by atoms with Gasteiger partial charge in [-0.1, -0.05) is 140 Å². The minimum absolute atomic E-state index is 0. The van der Waals surface area contributed by atoms with E-state index in [0.29, 0.717) is 0 Å². The number of rotatable bonds is 23. The second kappa shape index (κ2) is 23.2. The van der Waals surface area contributed by atoms with Gasteiger partial charge in [0, 0.05) is 12.1 Å². The van der Waals surface area contributed by atoms with E-state index in [4.69, 9.17) is 0 Å². The average Bonchev–Trinajstić information content (AvgIpc) is 2.80. The normalized spacial score (nSPS) is 12.9. The lowest BCUT2D eigenvalue weighted by molar-refractivity contribution is -0.965. The molecule has 2 nitrogen and oxygen atoms in total. The molecule has 0 amide bonds. The number of hydrogen-bond donors (Lipinski definition) is 1. The number of halogens is 1. The third-order valence-electron chi connectivity index (χ3n) is 6.87. The molecule has 0 aliphatic rings. The maximum atomic E-state index is 3.79. The van der Waals surface area contributed by atoms with Crippen LogP contribution >= 0.6 is 0 Å². The van der Waals surface area contributed by atoms with E-state index < -0.39 is 0 Å². The van der Waals surface area contributed by atoms with Gasteiger partial charge < -0.3 is 12.4 Å². The Bertz CT molecular complexity index is 507. The minimum atomic E-state index is 0. The van der Waals surface area contributed by atoms with Crippen LogP contribution < -0.4 is 17.8 Å². The largest absolute Gasteiger partial charge is 1.00 e. The number of benzene rings is 1. The molecule has 1 unspecified atom stereocenters. The van der Waals surface area contributed by atoms with E-state index in [0.717, 1.165) is 17.7 Å². The Balaban J connectivity index is 0.0000102. The van der Waals surface area contributed by atoms with Crippen LogP contribution in [-0.4, -0.2) is 24.7 Å². The number of quaternary nitrogens is 1. The topological polar surface area (TPSA) is 12.0 Å². The quantitative estimate of drug-likeness (QED) is 0.112. The standard InChI is InChI=1S/C30H57N2.ClH/c1-4-6-7-8-9-10-11-12-13-14-15-16-17-18-19-20-24-28-32(3,31-27-5-2)29-30-25-22-21-23-26-30;/h21-23,25-26,31H,4-20,24,27-29H2,1-3H3;1H/q+1;/p-1. The van der Waals surface area contributed by atoms with E-state index >= 15 is 0 Å². The number of unbranched alkanes of at least 4 members (excludes halogenated alkanes) is 16. The zero-order chi connectivity index (χ0) is 23.2. The first-order valence-electron chi connectivity index (χ1n) is 14.3. The molecular weight excluding hydrogens is 424 g/mol. The third kappa shape index (κ3) is 19.4. The van der Waals surface area contributed by atoms with Crippen LogP contribution in [0.1, 0.15) is 135 Å². The van der Waals surface area contributed by atoms with Gasteiger partial charge in [-0.15, -0.1) is 0 Å². The highest BCUT2D eigenvalue weighted by Gasteiger charge is 2.21. The summed E-state index contributed by atoms with van der Waals surface area (Å²) in [4.78, 5) is 0. The first-order valence-corrected chi connectivity index (χ1v) is 14.3. The van der Waals surface area contributed by atoms with Crippen molar-refractivity contribution in [2.45, 2.75) is 136 Å². The van der Waals surface area contributed by atoms with Crippen molar-refractivity contribution in [3.63, 3.8) is 0 Å². The average molecular weight is 481 g/mol. The van der Waals surface area contributed by atoms with Crippen molar-refractivity contribution in [1.82, 2.24) is 5.43 Å². The van der Waals surface area contributed by atoms with E-state index in [1.165, 1.54) is 128 Å². The Hall–Kier alpha value is -0.570. The summed E-state index contributed by atoms with van der Waals surface area (Å²) >= 11 is 0. The fraction of sp³-hybridized carbons (Fsp3) is 0.800. The predicted molar refractivity (Wildman–Crippen MR) is 144 cm³/mol. The Morgan fingerprint density at radius 3 is 1.42 bits per heavy atom. The molecule has 0 saturated heterocycles. The van der Waals surface area contributed by atoms with Crippen molar-refractivity contribution < 1.29 is 17.0 Å². The Kier molecular flexibility index (Phi) is 22.8. The maximum absolute atomic E-state index is 3.79. The summed E-state index contributed by atoms with van der Waals surface area (Å²) < 4.78 is 0.969. The maximum Gasteiger partial charge on any atom is 0.122 e. The summed E-state index contributed by atoms with van der Waals surface area (Å²) in [5.74, 6) is 0. The summed E-state index contributed by atoms with van der Waals surface area (Å²) in [6.45, 7) is 7.97. The van der Waals surface area contributed by atoms with E-state index in [1.54, 1.807) is 0 Å². The van der Waals surface area contributed by atoms with Crippen LogP contribution in [0.25, 0.3) is 0 Å². The Morgan fingerprint density at radius 2 is 1.00 bits per heavy atom. The zero-order valence-electron chi connectivity index (χ0n) is 22.6. The van der Waals surface area contributed by atoms with Crippen LogP contribution in [-0.2, 0) is 6.54 Å². The van der Waals surface area contributed by atoms with Crippen LogP contribution in [0.5, 0.6) is 0 Å². The predicted octanol–water partition coefficient (Wildman–Crippen LogP) is 6.20. The van der Waals surface area contributed by atoms with Gasteiger partial charge in [0.25, 0.3) is 0 Å². The van der Waals surface area contributed by atoms with Gasteiger partial charge in [-0.2, -0.15) is 5.43 Å². The molecule has 0 heterocycles. The second-order valence-electron chi connectivity index (χ2n) is 10.3. The summed E-state index contributed by atoms with van der Waals surface area (Å²) in [7, 11) is 2.37. The van der Waals surface area contributed by atoms with Gasteiger partial charge in [-0.25, -0.2) is 4.59 Å². The summed E-state index contributed by atoms with van der Waals surface area (Å²) in [6.07, 6.45) is 25.7. The minimum Gasteiger partial charge on any atom is -1.00 e. The molecular formula is C30H57ClN2. The van der Waals surface area contributed by atoms with Crippen LogP contribution in [0, 0.1) is 0 Å². The molecule has 1 atom stereocenters. The van der Waals surface area contributed by atoms with E-state index in [9.17, 15) is 0 Å². The van der Waals surface area contributed by atoms with E-state index in [1.807, 2.05) is 0 Å². The van der Waals surface area contributed by atoms with Crippen molar-refractivity contribution in [1.29, 1.82) is 0 Å². The molecule has 0 fully saturated rings. The lowest BCUT2D eigenvalue weighted by Crippen LogP contribution is -3.00. The molecule has 0 radical (unpaired) electrons. The highest BCUT2D eigenvalue weighted by molar-refractivity contribution is 5.13. The molecule has 0 aliphatic carbocycles. The highest BCUT2D eigenvalue weighted by Crippen LogP contribution is 2.15. The number of nitrogens with one attached hydrogen (secondary N) is 1. The number of nitrogens with zero attached hydrogens (tertiary/aromatic N) is 1. The molecule has 1 rings (SSSR count). The summed E-state index contributed by atoms with van der Waals surface area (Å²) in [5, 5.41) is 0. The van der Waals surface area contributed by atoms with Crippen LogP contribution in [0.2, 0.25) is 0 Å². The number of hydrogen-bond acceptors (Lipinski definition) is 1. The molecule has 0 bridgehead atoms. The van der Waals surface area contributed by atoms with Crippen molar-refractivity contribution in [3.05, 3.63) is 35.9 Å². The monoisotopic (exact) mass is 480 g/mol. The van der Waals surface area contributed by atoms with E-state index in [-0.39, 0.29) is 12.4 Å². The van der Waals surface area contributed by atoms with Crippen LogP contribution in [0.4, 0.5) is 0 Å². The summed E-state index contributed by atoms with van der Waals surface area (Å²) in [5.41, 5.74) is 5.22. The lowest BCUT2D eigenvalue weighted by Gasteiger charge is -2.34. The van der Waals surface area contributed by atoms with Gasteiger partial charge in [0.1, 0.15) is 6.54 Å². The SMILES string of the molecule is CCCCCCCCCCCCCCCCCCC[N+](C)(Cc1ccccc1)NCCC.[Cl-]. The zero-order valence-corrected chi connectivity index (χ0v) is 23.3. The molecule has 3 heteroatoms. The van der Waals surface area contributed by atoms with Gasteiger partial charge in [0.15, 0.2) is 0 Å². The van der Waals surface area contributed by atoms with Crippen molar-refractivity contribution in [2.75, 3.05) is 20.1 Å². The molecule has 1 aromatic carbocycles. The van der Waals surface area contributed by atoms with Gasteiger partial charge >= 0.3 is 0 Å². The van der Waals surface area contributed by atoms with Crippen molar-refractivity contribution >= 4 is 0 Å². The molecule has 0 saturated carbocycles. The smallest absolute Gasteiger partial charge is 0.122 e. The van der Waals surface area contributed by atoms with Gasteiger partial charge in [-0.3, -0.25) is 0 Å². The fourth-order valence-corrected chi connectivity index (χ4v) is 4.77. The van der Waals surface area contributed by atoms with Crippen molar-refractivity contribution in [3.8, 4) is 0 Å². The van der Waals surface area contributed by atoms with Gasteiger partial charge in [0.05, 0.1) is 13.6 Å². The van der Waals surface area contributed by atoms with Gasteiger partial charge in [-0.05, 0) is 19.3 Å². The van der Waals surface area contributed by atoms with E-state index in [2.05, 4.69) is 56.7 Å². The first kappa shape index (κ1) is 32.4. The molecule has 0 aliphatic heterocycles. The third-order valence-corrected chi connectivity index (χ3v) is 6.87. The molecule has 0 aromatic heterocycles. The first-order chi connectivity index (χ1) is 15.7. The van der Waals surface area contributed by atoms with Crippen LogP contribution in [0.3, 0.4) is 0 Å². The Labute approximate surface area is 214 Å². The molecule has 33 heavy (non-hydrogen) atoms. The molecule has 0 spiro atoms. The van der Waals surface area contributed by atoms with Gasteiger partial charge in [0.2, 0.25) is 0 Å².